The fourth-order valence-electron chi connectivity index (χ4n) is 2.54. The Labute approximate surface area is 109 Å². The minimum Gasteiger partial charge on any atom is -0.507 e. The van der Waals surface area contributed by atoms with Crippen molar-refractivity contribution >= 4 is 16.7 Å². The van der Waals surface area contributed by atoms with E-state index in [1.807, 2.05) is 0 Å². The number of carbonyl (C=O) groups is 1. The molecule has 5 nitrogen and oxygen atoms in total. The maximum atomic E-state index is 11.7. The molecule has 0 radical (unpaired) electrons. The Kier molecular flexibility index (Phi) is 2.32. The summed E-state index contributed by atoms with van der Waals surface area (Å²) in [5.74, 6) is -0.464. The molecular formula is C14H12O5. The van der Waals surface area contributed by atoms with Crippen molar-refractivity contribution in [2.45, 2.75) is 13.0 Å². The minimum absolute atomic E-state index is 0.0331. The van der Waals surface area contributed by atoms with Crippen LogP contribution in [0.25, 0.3) is 10.8 Å². The van der Waals surface area contributed by atoms with E-state index in [2.05, 4.69) is 0 Å². The average molecular weight is 260 g/mol. The second-order valence-electron chi connectivity index (χ2n) is 4.42. The van der Waals surface area contributed by atoms with Gasteiger partial charge in [0.15, 0.2) is 0 Å². The highest BCUT2D eigenvalue weighted by molar-refractivity contribution is 6.09. The highest BCUT2D eigenvalue weighted by atomic mass is 16.5. The molecule has 98 valence electrons. The van der Waals surface area contributed by atoms with E-state index in [-0.39, 0.29) is 17.1 Å². The van der Waals surface area contributed by atoms with Gasteiger partial charge < -0.3 is 19.7 Å². The summed E-state index contributed by atoms with van der Waals surface area (Å²) in [5, 5.41) is 21.4. The fraction of sp³-hybridized carbons (Fsp3) is 0.214. The van der Waals surface area contributed by atoms with Gasteiger partial charge in [0.2, 0.25) is 0 Å². The normalized spacial score (nSPS) is 17.4. The number of fused-ring (bicyclic) bond motifs is 2. The summed E-state index contributed by atoms with van der Waals surface area (Å²) in [5.41, 5.74) is 0.338. The third kappa shape index (κ3) is 1.38. The molecule has 0 unspecified atom stereocenters. The number of aromatic hydroxyl groups is 2. The first kappa shape index (κ1) is 11.6. The molecule has 1 aliphatic heterocycles. The van der Waals surface area contributed by atoms with E-state index in [0.29, 0.717) is 22.1 Å². The molecule has 2 aromatic rings. The Morgan fingerprint density at radius 3 is 2.68 bits per heavy atom. The molecule has 19 heavy (non-hydrogen) atoms. The number of benzene rings is 2. The van der Waals surface area contributed by atoms with Gasteiger partial charge in [0.1, 0.15) is 28.9 Å². The van der Waals surface area contributed by atoms with Crippen LogP contribution in [-0.2, 0) is 4.74 Å². The van der Waals surface area contributed by atoms with E-state index >= 15 is 0 Å². The molecule has 3 rings (SSSR count). The number of phenolic OH excluding ortho intramolecular Hbond substituents is 2. The van der Waals surface area contributed by atoms with E-state index in [0.717, 1.165) is 0 Å². The Balaban J connectivity index is 2.53. The van der Waals surface area contributed by atoms with Crippen LogP contribution in [0.4, 0.5) is 0 Å². The second-order valence-corrected chi connectivity index (χ2v) is 4.42. The summed E-state index contributed by atoms with van der Waals surface area (Å²) in [6.45, 7) is 1.64. The van der Waals surface area contributed by atoms with E-state index in [1.54, 1.807) is 25.1 Å². The van der Waals surface area contributed by atoms with Gasteiger partial charge >= 0.3 is 5.97 Å². The van der Waals surface area contributed by atoms with Crippen LogP contribution in [0.1, 0.15) is 28.9 Å². The smallest absolute Gasteiger partial charge is 0.343 e. The predicted octanol–water partition coefficient (Wildman–Crippen LogP) is 2.49. The third-order valence-electron chi connectivity index (χ3n) is 3.39. The molecule has 1 heterocycles. The van der Waals surface area contributed by atoms with Crippen molar-refractivity contribution < 1.29 is 24.5 Å². The monoisotopic (exact) mass is 260 g/mol. The Hall–Kier alpha value is -2.43. The first-order valence-electron chi connectivity index (χ1n) is 5.81. The average Bonchev–Trinajstić information content (AvgIpc) is 2.70. The maximum absolute atomic E-state index is 11.7. The van der Waals surface area contributed by atoms with E-state index < -0.39 is 12.1 Å². The van der Waals surface area contributed by atoms with Crippen LogP contribution >= 0.6 is 0 Å². The summed E-state index contributed by atoms with van der Waals surface area (Å²) in [7, 11) is 1.48. The molecule has 0 aromatic heterocycles. The molecule has 0 fully saturated rings. The molecule has 2 aromatic carbocycles. The summed E-state index contributed by atoms with van der Waals surface area (Å²) in [6.07, 6.45) is -0.595. The van der Waals surface area contributed by atoms with Gasteiger partial charge in [0.05, 0.1) is 18.1 Å². The minimum atomic E-state index is -0.625. The van der Waals surface area contributed by atoms with Gasteiger partial charge in [0, 0.05) is 5.39 Å². The lowest BCUT2D eigenvalue weighted by atomic mass is 9.96. The number of esters is 1. The fourth-order valence-corrected chi connectivity index (χ4v) is 2.54. The largest absolute Gasteiger partial charge is 0.507 e. The van der Waals surface area contributed by atoms with Crippen LogP contribution in [0.3, 0.4) is 0 Å². The molecule has 2 N–H and O–H groups in total. The van der Waals surface area contributed by atoms with Crippen LogP contribution in [0.2, 0.25) is 0 Å². The highest BCUT2D eigenvalue weighted by Crippen LogP contribution is 2.49. The van der Waals surface area contributed by atoms with Gasteiger partial charge in [-0.1, -0.05) is 12.1 Å². The van der Waals surface area contributed by atoms with Crippen LogP contribution in [0.15, 0.2) is 18.2 Å². The van der Waals surface area contributed by atoms with Crippen LogP contribution in [0.5, 0.6) is 17.2 Å². The zero-order valence-corrected chi connectivity index (χ0v) is 10.4. The third-order valence-corrected chi connectivity index (χ3v) is 3.39. The zero-order chi connectivity index (χ0) is 13.7. The number of hydrogen-bond acceptors (Lipinski definition) is 5. The number of ether oxygens (including phenoxy) is 2. The molecular weight excluding hydrogens is 248 g/mol. The lowest BCUT2D eigenvalue weighted by Gasteiger charge is -2.13. The van der Waals surface area contributed by atoms with Crippen molar-refractivity contribution in [2.75, 3.05) is 7.11 Å². The first-order chi connectivity index (χ1) is 9.06. The number of phenols is 2. The summed E-state index contributed by atoms with van der Waals surface area (Å²) >= 11 is 0. The predicted molar refractivity (Wildman–Crippen MR) is 67.7 cm³/mol. The summed E-state index contributed by atoms with van der Waals surface area (Å²) < 4.78 is 10.2. The molecule has 0 aliphatic carbocycles. The SMILES string of the molecule is COc1cccc2c(O)c3c(c(O)c12)[C@@H](C)OC3=O. The lowest BCUT2D eigenvalue weighted by molar-refractivity contribution is 0.0419. The number of methoxy groups -OCH3 is 1. The van der Waals surface area contributed by atoms with Gasteiger partial charge in [-0.25, -0.2) is 4.79 Å². The zero-order valence-electron chi connectivity index (χ0n) is 10.4. The van der Waals surface area contributed by atoms with Gasteiger partial charge in [-0.15, -0.1) is 0 Å². The van der Waals surface area contributed by atoms with E-state index in [1.165, 1.54) is 7.11 Å². The first-order valence-corrected chi connectivity index (χ1v) is 5.81. The molecule has 5 heteroatoms. The number of hydrogen-bond donors (Lipinski definition) is 2. The van der Waals surface area contributed by atoms with Crippen molar-refractivity contribution in [3.63, 3.8) is 0 Å². The van der Waals surface area contributed by atoms with Gasteiger partial charge in [0.25, 0.3) is 0 Å². The Morgan fingerprint density at radius 1 is 1.26 bits per heavy atom. The molecule has 0 bridgehead atoms. The summed E-state index contributed by atoms with van der Waals surface area (Å²) in [4.78, 5) is 11.7. The van der Waals surface area contributed by atoms with Crippen molar-refractivity contribution in [3.8, 4) is 17.2 Å². The van der Waals surface area contributed by atoms with Crippen LogP contribution in [-0.4, -0.2) is 23.3 Å². The van der Waals surface area contributed by atoms with Crippen molar-refractivity contribution in [1.82, 2.24) is 0 Å². The Bertz CT molecular complexity index is 705. The lowest BCUT2D eigenvalue weighted by Crippen LogP contribution is -1.96. The van der Waals surface area contributed by atoms with Gasteiger partial charge in [-0.3, -0.25) is 0 Å². The molecule has 1 aliphatic rings. The van der Waals surface area contributed by atoms with Crippen molar-refractivity contribution in [3.05, 3.63) is 29.3 Å². The number of cyclic esters (lactones) is 1. The topological polar surface area (TPSA) is 76.0 Å². The van der Waals surface area contributed by atoms with Crippen molar-refractivity contribution in [1.29, 1.82) is 0 Å². The van der Waals surface area contributed by atoms with E-state index in [9.17, 15) is 15.0 Å². The molecule has 0 saturated heterocycles. The quantitative estimate of drug-likeness (QED) is 0.608. The molecule has 0 spiro atoms. The molecule has 0 saturated carbocycles. The standard InChI is InChI=1S/C14H12O5/c1-6-9-11(14(17)19-6)12(15)7-4-3-5-8(18-2)10(7)13(9)16/h3-6,15-16H,1-2H3/t6-/m1/s1. The second kappa shape index (κ2) is 3.78. The highest BCUT2D eigenvalue weighted by Gasteiger charge is 2.36. The Morgan fingerprint density at radius 2 is 2.00 bits per heavy atom. The summed E-state index contributed by atoms with van der Waals surface area (Å²) in [6, 6.07) is 4.97. The number of carbonyl (C=O) groups excluding carboxylic acids is 1. The number of rotatable bonds is 1. The maximum Gasteiger partial charge on any atom is 0.343 e. The molecule has 1 atom stereocenters. The van der Waals surface area contributed by atoms with Crippen molar-refractivity contribution in [2.24, 2.45) is 0 Å². The molecule has 0 amide bonds. The van der Waals surface area contributed by atoms with Crippen LogP contribution < -0.4 is 4.74 Å². The van der Waals surface area contributed by atoms with E-state index in [4.69, 9.17) is 9.47 Å². The van der Waals surface area contributed by atoms with Crippen LogP contribution in [0, 0.1) is 0 Å². The van der Waals surface area contributed by atoms with Gasteiger partial charge in [-0.05, 0) is 13.0 Å². The van der Waals surface area contributed by atoms with Gasteiger partial charge in [-0.2, -0.15) is 0 Å².